The van der Waals surface area contributed by atoms with Gasteiger partial charge >= 0.3 is 0 Å². The average molecular weight is 260 g/mol. The van der Waals surface area contributed by atoms with Crippen molar-refractivity contribution >= 4 is 10.9 Å². The Bertz CT molecular complexity index is 573. The highest BCUT2D eigenvalue weighted by atomic mass is 16.5. The standard InChI is InChI=1S/C15H20N2O2/c1-18-14-7-12-10(5-6-16-11-3-4-11)9-17-13(12)8-15(14)19-2/h7-9,11,16-17H,3-6H2,1-2H3. The lowest BCUT2D eigenvalue weighted by Crippen LogP contribution is -2.19. The van der Waals surface area contributed by atoms with Crippen LogP contribution in [0.25, 0.3) is 10.9 Å². The summed E-state index contributed by atoms with van der Waals surface area (Å²) in [6.45, 7) is 1.03. The van der Waals surface area contributed by atoms with E-state index in [4.69, 9.17) is 9.47 Å². The van der Waals surface area contributed by atoms with E-state index in [0.29, 0.717) is 0 Å². The van der Waals surface area contributed by atoms with Crippen LogP contribution in [0.2, 0.25) is 0 Å². The predicted molar refractivity (Wildman–Crippen MR) is 76.1 cm³/mol. The summed E-state index contributed by atoms with van der Waals surface area (Å²) >= 11 is 0. The molecule has 0 bridgehead atoms. The Morgan fingerprint density at radius 1 is 1.21 bits per heavy atom. The summed E-state index contributed by atoms with van der Waals surface area (Å²) in [5.74, 6) is 1.55. The van der Waals surface area contributed by atoms with E-state index in [0.717, 1.165) is 36.0 Å². The molecule has 1 aliphatic rings. The zero-order chi connectivity index (χ0) is 13.2. The van der Waals surface area contributed by atoms with Crippen molar-refractivity contribution in [3.05, 3.63) is 23.9 Å². The van der Waals surface area contributed by atoms with Gasteiger partial charge in [-0.1, -0.05) is 0 Å². The third kappa shape index (κ3) is 2.54. The molecular formula is C15H20N2O2. The van der Waals surface area contributed by atoms with Crippen LogP contribution >= 0.6 is 0 Å². The van der Waals surface area contributed by atoms with Gasteiger partial charge in [0.05, 0.1) is 14.2 Å². The number of hydrogen-bond acceptors (Lipinski definition) is 3. The summed E-state index contributed by atoms with van der Waals surface area (Å²) in [6.07, 6.45) is 5.78. The van der Waals surface area contributed by atoms with Gasteiger partial charge in [-0.15, -0.1) is 0 Å². The molecule has 0 radical (unpaired) electrons. The molecule has 3 rings (SSSR count). The highest BCUT2D eigenvalue weighted by Crippen LogP contribution is 2.33. The Labute approximate surface area is 113 Å². The van der Waals surface area contributed by atoms with Crippen LogP contribution in [0.15, 0.2) is 18.3 Å². The SMILES string of the molecule is COc1cc2[nH]cc(CCNC3CC3)c2cc1OC. The molecule has 2 aromatic rings. The molecule has 1 fully saturated rings. The Morgan fingerprint density at radius 2 is 1.95 bits per heavy atom. The topological polar surface area (TPSA) is 46.3 Å². The highest BCUT2D eigenvalue weighted by molar-refractivity contribution is 5.86. The maximum atomic E-state index is 5.37. The summed E-state index contributed by atoms with van der Waals surface area (Å²) in [4.78, 5) is 3.30. The minimum absolute atomic E-state index is 0.763. The van der Waals surface area contributed by atoms with E-state index in [-0.39, 0.29) is 0 Å². The molecule has 0 aliphatic heterocycles. The molecule has 1 aromatic heterocycles. The number of aromatic amines is 1. The van der Waals surface area contributed by atoms with E-state index in [1.165, 1.54) is 23.8 Å². The van der Waals surface area contributed by atoms with Crippen molar-refractivity contribution in [1.82, 2.24) is 10.3 Å². The Hall–Kier alpha value is -1.68. The third-order valence-electron chi connectivity index (χ3n) is 3.68. The quantitative estimate of drug-likeness (QED) is 0.838. The molecule has 102 valence electrons. The number of aromatic nitrogens is 1. The number of hydrogen-bond donors (Lipinski definition) is 2. The first kappa shape index (κ1) is 12.4. The summed E-state index contributed by atoms with van der Waals surface area (Å²) in [5.41, 5.74) is 2.42. The normalized spacial score (nSPS) is 14.8. The van der Waals surface area contributed by atoms with Gasteiger partial charge in [-0.05, 0) is 37.4 Å². The third-order valence-corrected chi connectivity index (χ3v) is 3.68. The molecule has 4 heteroatoms. The lowest BCUT2D eigenvalue weighted by molar-refractivity contribution is 0.356. The largest absolute Gasteiger partial charge is 0.493 e. The van der Waals surface area contributed by atoms with Crippen LogP contribution < -0.4 is 14.8 Å². The summed E-state index contributed by atoms with van der Waals surface area (Å²) < 4.78 is 10.7. The first-order valence-electron chi connectivity index (χ1n) is 6.77. The minimum Gasteiger partial charge on any atom is -0.493 e. The van der Waals surface area contributed by atoms with Crippen LogP contribution in [-0.4, -0.2) is 31.8 Å². The van der Waals surface area contributed by atoms with Gasteiger partial charge in [-0.2, -0.15) is 0 Å². The second-order valence-corrected chi connectivity index (χ2v) is 5.05. The van der Waals surface area contributed by atoms with Crippen molar-refractivity contribution in [2.75, 3.05) is 20.8 Å². The van der Waals surface area contributed by atoms with Gasteiger partial charge < -0.3 is 19.8 Å². The van der Waals surface area contributed by atoms with Crippen molar-refractivity contribution in [1.29, 1.82) is 0 Å². The number of nitrogens with one attached hydrogen (secondary N) is 2. The molecule has 1 heterocycles. The predicted octanol–water partition coefficient (Wildman–Crippen LogP) is 2.48. The summed E-state index contributed by atoms with van der Waals surface area (Å²) in [5, 5.41) is 4.76. The summed E-state index contributed by atoms with van der Waals surface area (Å²) in [7, 11) is 3.33. The van der Waals surface area contributed by atoms with Crippen LogP contribution in [0.1, 0.15) is 18.4 Å². The van der Waals surface area contributed by atoms with E-state index in [1.807, 2.05) is 6.07 Å². The zero-order valence-electron chi connectivity index (χ0n) is 11.5. The summed E-state index contributed by atoms with van der Waals surface area (Å²) in [6, 6.07) is 4.81. The Morgan fingerprint density at radius 3 is 2.63 bits per heavy atom. The molecule has 1 saturated carbocycles. The van der Waals surface area contributed by atoms with Gasteiger partial charge in [-0.25, -0.2) is 0 Å². The molecule has 0 atom stereocenters. The molecule has 0 unspecified atom stereocenters. The van der Waals surface area contributed by atoms with Crippen LogP contribution in [0.3, 0.4) is 0 Å². The van der Waals surface area contributed by atoms with Crippen LogP contribution in [0, 0.1) is 0 Å². The van der Waals surface area contributed by atoms with Crippen molar-refractivity contribution in [2.24, 2.45) is 0 Å². The molecular weight excluding hydrogens is 240 g/mol. The smallest absolute Gasteiger partial charge is 0.162 e. The monoisotopic (exact) mass is 260 g/mol. The van der Waals surface area contributed by atoms with Crippen LogP contribution in [0.4, 0.5) is 0 Å². The van der Waals surface area contributed by atoms with E-state index in [1.54, 1.807) is 14.2 Å². The van der Waals surface area contributed by atoms with Crippen LogP contribution in [-0.2, 0) is 6.42 Å². The number of fused-ring (bicyclic) bond motifs is 1. The molecule has 4 nitrogen and oxygen atoms in total. The second-order valence-electron chi connectivity index (χ2n) is 5.05. The fraction of sp³-hybridized carbons (Fsp3) is 0.467. The van der Waals surface area contributed by atoms with Crippen molar-refractivity contribution < 1.29 is 9.47 Å². The van der Waals surface area contributed by atoms with Gasteiger partial charge in [-0.3, -0.25) is 0 Å². The van der Waals surface area contributed by atoms with E-state index >= 15 is 0 Å². The fourth-order valence-electron chi connectivity index (χ4n) is 2.41. The Kier molecular flexibility index (Phi) is 3.34. The van der Waals surface area contributed by atoms with Gasteiger partial charge in [0, 0.05) is 29.2 Å². The van der Waals surface area contributed by atoms with Gasteiger partial charge in [0.2, 0.25) is 0 Å². The molecule has 19 heavy (non-hydrogen) atoms. The van der Waals surface area contributed by atoms with Gasteiger partial charge in [0.25, 0.3) is 0 Å². The number of methoxy groups -OCH3 is 2. The highest BCUT2D eigenvalue weighted by Gasteiger charge is 2.20. The van der Waals surface area contributed by atoms with Crippen molar-refractivity contribution in [3.8, 4) is 11.5 Å². The molecule has 2 N–H and O–H groups in total. The zero-order valence-corrected chi connectivity index (χ0v) is 11.5. The van der Waals surface area contributed by atoms with Gasteiger partial charge in [0.15, 0.2) is 11.5 Å². The van der Waals surface area contributed by atoms with Crippen LogP contribution in [0.5, 0.6) is 11.5 Å². The number of H-pyrrole nitrogens is 1. The molecule has 1 aliphatic carbocycles. The lowest BCUT2D eigenvalue weighted by Gasteiger charge is -2.08. The number of ether oxygens (including phenoxy) is 2. The van der Waals surface area contributed by atoms with Crippen molar-refractivity contribution in [3.63, 3.8) is 0 Å². The number of benzene rings is 1. The minimum atomic E-state index is 0.763. The number of rotatable bonds is 6. The first-order chi connectivity index (χ1) is 9.31. The van der Waals surface area contributed by atoms with E-state index in [2.05, 4.69) is 22.6 Å². The molecule has 0 spiro atoms. The maximum Gasteiger partial charge on any atom is 0.162 e. The van der Waals surface area contributed by atoms with Crippen molar-refractivity contribution in [2.45, 2.75) is 25.3 Å². The molecule has 0 amide bonds. The second kappa shape index (κ2) is 5.13. The first-order valence-corrected chi connectivity index (χ1v) is 6.77. The lowest BCUT2D eigenvalue weighted by atomic mass is 10.1. The average Bonchev–Trinajstić information content (AvgIpc) is 3.18. The fourth-order valence-corrected chi connectivity index (χ4v) is 2.41. The van der Waals surface area contributed by atoms with E-state index in [9.17, 15) is 0 Å². The van der Waals surface area contributed by atoms with E-state index < -0.39 is 0 Å². The van der Waals surface area contributed by atoms with Gasteiger partial charge in [0.1, 0.15) is 0 Å². The maximum absolute atomic E-state index is 5.37. The Balaban J connectivity index is 1.83. The molecule has 1 aromatic carbocycles. The molecule has 0 saturated heterocycles.